The number of hydrogen-bond acceptors (Lipinski definition) is 7. The van der Waals surface area contributed by atoms with Crippen LogP contribution in [-0.2, 0) is 6.42 Å². The number of aryl methyl sites for hydroxylation is 1. The fourth-order valence-corrected chi connectivity index (χ4v) is 3.66. The fraction of sp³-hybridized carbons (Fsp3) is 0.263. The third-order valence-corrected chi connectivity index (χ3v) is 5.13. The van der Waals surface area contributed by atoms with Gasteiger partial charge in [0.25, 0.3) is 11.8 Å². The number of benzene rings is 1. The number of aliphatic hydroxyl groups is 1. The van der Waals surface area contributed by atoms with Gasteiger partial charge in [0.15, 0.2) is 5.13 Å². The van der Waals surface area contributed by atoms with Gasteiger partial charge in [-0.25, -0.2) is 9.78 Å². The second kappa shape index (κ2) is 9.48. The number of thiazole rings is 1. The van der Waals surface area contributed by atoms with E-state index in [1.165, 1.54) is 5.38 Å². The Morgan fingerprint density at radius 1 is 1.23 bits per heavy atom. The lowest BCUT2D eigenvalue weighted by molar-refractivity contribution is 0.0689. The molecule has 0 aliphatic rings. The highest BCUT2D eigenvalue weighted by Gasteiger charge is 2.19. The van der Waals surface area contributed by atoms with Crippen LogP contribution in [0.25, 0.3) is 10.9 Å². The maximum atomic E-state index is 12.7. The topological polar surface area (TPSA) is 170 Å². The summed E-state index contributed by atoms with van der Waals surface area (Å²) in [6, 6.07) is 4.86. The molecule has 0 unspecified atom stereocenters. The first kappa shape index (κ1) is 21.4. The van der Waals surface area contributed by atoms with E-state index >= 15 is 0 Å². The molecule has 2 amide bonds. The number of aromatic nitrogens is 2. The van der Waals surface area contributed by atoms with Crippen molar-refractivity contribution in [3.8, 4) is 0 Å². The Kier molecular flexibility index (Phi) is 6.77. The zero-order valence-corrected chi connectivity index (χ0v) is 16.7. The van der Waals surface area contributed by atoms with Gasteiger partial charge in [-0.15, -0.1) is 11.3 Å². The molecule has 0 saturated carbocycles. The Morgan fingerprint density at radius 2 is 2.03 bits per heavy atom. The highest BCUT2D eigenvalue weighted by molar-refractivity contribution is 7.14. The first-order valence-corrected chi connectivity index (χ1v) is 10.1. The van der Waals surface area contributed by atoms with Crippen LogP contribution in [0.4, 0.5) is 5.13 Å². The predicted molar refractivity (Wildman–Crippen MR) is 112 cm³/mol. The molecule has 3 aromatic rings. The molecule has 0 aliphatic carbocycles. The SMILES string of the molecule is NCCCc1c(C(=O)O)[nH]c2ccc(C(=O)Nc3nc(C(=O)NCCO)cs3)cc12. The molecule has 2 heterocycles. The van der Waals surface area contributed by atoms with E-state index in [0.29, 0.717) is 41.4 Å². The Bertz CT molecular complexity index is 1090. The lowest BCUT2D eigenvalue weighted by atomic mass is 10.0. The van der Waals surface area contributed by atoms with Gasteiger partial charge in [0.2, 0.25) is 0 Å². The number of carboxylic acids is 1. The van der Waals surface area contributed by atoms with Crippen molar-refractivity contribution in [2.75, 3.05) is 25.0 Å². The van der Waals surface area contributed by atoms with Crippen LogP contribution in [-0.4, -0.2) is 57.7 Å². The number of nitrogens with two attached hydrogens (primary N) is 1. The van der Waals surface area contributed by atoms with Crippen molar-refractivity contribution in [2.45, 2.75) is 12.8 Å². The van der Waals surface area contributed by atoms with Gasteiger partial charge in [-0.3, -0.25) is 14.9 Å². The minimum Gasteiger partial charge on any atom is -0.477 e. The Hall–Kier alpha value is -3.28. The zero-order chi connectivity index (χ0) is 21.7. The quantitative estimate of drug-likeness (QED) is 0.295. The molecular weight excluding hydrogens is 410 g/mol. The normalized spacial score (nSPS) is 10.9. The zero-order valence-electron chi connectivity index (χ0n) is 15.9. The van der Waals surface area contributed by atoms with Crippen molar-refractivity contribution < 1.29 is 24.6 Å². The van der Waals surface area contributed by atoms with Crippen LogP contribution in [0.15, 0.2) is 23.6 Å². The molecular formula is C19H21N5O5S. The monoisotopic (exact) mass is 431 g/mol. The van der Waals surface area contributed by atoms with Gasteiger partial charge >= 0.3 is 5.97 Å². The summed E-state index contributed by atoms with van der Waals surface area (Å²) >= 11 is 1.10. The third-order valence-electron chi connectivity index (χ3n) is 4.37. The number of carbonyl (C=O) groups excluding carboxylic acids is 2. The number of H-pyrrole nitrogens is 1. The number of aliphatic hydroxyl groups excluding tert-OH is 1. The lowest BCUT2D eigenvalue weighted by Crippen LogP contribution is -2.26. The van der Waals surface area contributed by atoms with Gasteiger partial charge in [-0.1, -0.05) is 0 Å². The maximum Gasteiger partial charge on any atom is 0.352 e. The van der Waals surface area contributed by atoms with Crippen molar-refractivity contribution in [3.05, 3.63) is 46.1 Å². The van der Waals surface area contributed by atoms with Crippen LogP contribution in [0.5, 0.6) is 0 Å². The van der Waals surface area contributed by atoms with Gasteiger partial charge in [0.1, 0.15) is 11.4 Å². The second-order valence-corrected chi connectivity index (χ2v) is 7.27. The predicted octanol–water partition coefficient (Wildman–Crippen LogP) is 1.19. The van der Waals surface area contributed by atoms with Crippen LogP contribution in [0.2, 0.25) is 0 Å². The molecule has 30 heavy (non-hydrogen) atoms. The van der Waals surface area contributed by atoms with Crippen LogP contribution in [0, 0.1) is 0 Å². The van der Waals surface area contributed by atoms with Gasteiger partial charge in [-0.05, 0) is 43.1 Å². The van der Waals surface area contributed by atoms with E-state index in [2.05, 4.69) is 20.6 Å². The molecule has 0 atom stereocenters. The number of hydrogen-bond donors (Lipinski definition) is 6. The summed E-state index contributed by atoms with van der Waals surface area (Å²) in [5.74, 6) is -1.95. The third kappa shape index (κ3) is 4.64. The molecule has 0 radical (unpaired) electrons. The second-order valence-electron chi connectivity index (χ2n) is 6.41. The van der Waals surface area contributed by atoms with E-state index in [1.807, 2.05) is 0 Å². The van der Waals surface area contributed by atoms with Crippen molar-refractivity contribution in [2.24, 2.45) is 5.73 Å². The van der Waals surface area contributed by atoms with Crippen molar-refractivity contribution >= 4 is 45.2 Å². The van der Waals surface area contributed by atoms with Crippen molar-refractivity contribution in [1.29, 1.82) is 0 Å². The van der Waals surface area contributed by atoms with Gasteiger partial charge in [0, 0.05) is 28.4 Å². The van der Waals surface area contributed by atoms with Gasteiger partial charge in [0.05, 0.1) is 6.61 Å². The van der Waals surface area contributed by atoms with Crippen LogP contribution < -0.4 is 16.4 Å². The Labute approximate surface area is 175 Å². The number of aromatic amines is 1. The lowest BCUT2D eigenvalue weighted by Gasteiger charge is -2.04. The summed E-state index contributed by atoms with van der Waals surface area (Å²) in [4.78, 5) is 43.0. The fourth-order valence-electron chi connectivity index (χ4n) is 2.97. The molecule has 0 spiro atoms. The molecule has 0 bridgehead atoms. The summed E-state index contributed by atoms with van der Waals surface area (Å²) in [5.41, 5.74) is 7.34. The molecule has 10 nitrogen and oxygen atoms in total. The molecule has 1 aromatic carbocycles. The molecule has 3 rings (SSSR count). The molecule has 11 heteroatoms. The number of carbonyl (C=O) groups is 3. The number of anilines is 1. The van der Waals surface area contributed by atoms with E-state index in [1.54, 1.807) is 18.2 Å². The highest BCUT2D eigenvalue weighted by atomic mass is 32.1. The van der Waals surface area contributed by atoms with E-state index in [9.17, 15) is 19.5 Å². The number of aromatic carboxylic acids is 1. The highest BCUT2D eigenvalue weighted by Crippen LogP contribution is 2.26. The standard InChI is InChI=1S/C19H21N5O5S/c20-5-1-2-11-12-8-10(3-4-13(12)22-15(11)18(28)29)16(26)24-19-23-14(9-30-19)17(27)21-6-7-25/h3-4,8-9,22,25H,1-2,5-7,20H2,(H,21,27)(H,28,29)(H,23,24,26). The minimum atomic E-state index is -1.07. The Morgan fingerprint density at radius 3 is 2.73 bits per heavy atom. The molecule has 0 fully saturated rings. The van der Waals surface area contributed by atoms with E-state index < -0.39 is 17.8 Å². The molecule has 2 aromatic heterocycles. The summed E-state index contributed by atoms with van der Waals surface area (Å²) in [6.45, 7) is 0.349. The van der Waals surface area contributed by atoms with E-state index in [0.717, 1.165) is 11.3 Å². The van der Waals surface area contributed by atoms with E-state index in [4.69, 9.17) is 10.8 Å². The maximum absolute atomic E-state index is 12.7. The summed E-state index contributed by atoms with van der Waals surface area (Å²) in [7, 11) is 0. The van der Waals surface area contributed by atoms with Gasteiger partial charge in [-0.2, -0.15) is 0 Å². The number of fused-ring (bicyclic) bond motifs is 1. The molecule has 0 saturated heterocycles. The first-order valence-electron chi connectivity index (χ1n) is 9.18. The molecule has 158 valence electrons. The largest absolute Gasteiger partial charge is 0.477 e. The van der Waals surface area contributed by atoms with Crippen LogP contribution in [0.3, 0.4) is 0 Å². The van der Waals surface area contributed by atoms with Crippen molar-refractivity contribution in [1.82, 2.24) is 15.3 Å². The number of amides is 2. The summed E-state index contributed by atoms with van der Waals surface area (Å²) < 4.78 is 0. The number of carboxylic acid groups (broad SMARTS) is 1. The van der Waals surface area contributed by atoms with Gasteiger partial charge < -0.3 is 26.2 Å². The summed E-state index contributed by atoms with van der Waals surface area (Å²) in [6.07, 6.45) is 1.09. The van der Waals surface area contributed by atoms with E-state index in [-0.39, 0.29) is 29.7 Å². The minimum absolute atomic E-state index is 0.0921. The summed E-state index contributed by atoms with van der Waals surface area (Å²) in [5, 5.41) is 25.7. The smallest absolute Gasteiger partial charge is 0.352 e. The average Bonchev–Trinajstić information content (AvgIpc) is 3.34. The number of rotatable bonds is 9. The van der Waals surface area contributed by atoms with Crippen LogP contribution >= 0.6 is 11.3 Å². The van der Waals surface area contributed by atoms with Crippen molar-refractivity contribution in [3.63, 3.8) is 0 Å². The Balaban J connectivity index is 1.82. The molecule has 7 N–H and O–H groups in total. The van der Waals surface area contributed by atoms with Crippen LogP contribution in [0.1, 0.15) is 43.3 Å². The number of nitrogens with zero attached hydrogens (tertiary/aromatic N) is 1. The number of nitrogens with one attached hydrogen (secondary N) is 3. The first-order chi connectivity index (χ1) is 14.4. The average molecular weight is 431 g/mol. The molecule has 0 aliphatic heterocycles.